The van der Waals surface area contributed by atoms with Crippen LogP contribution in [0.3, 0.4) is 0 Å². The summed E-state index contributed by atoms with van der Waals surface area (Å²) in [6.45, 7) is 14.3. The van der Waals surface area contributed by atoms with Gasteiger partial charge < -0.3 is 36.2 Å². The van der Waals surface area contributed by atoms with E-state index in [1.54, 1.807) is 32.3 Å². The third-order valence-electron chi connectivity index (χ3n) is 8.06. The standard InChI is InChI=1S/C33H50N4O9/c1-18(2)23(17-19(3)27(40)35-22(31(45)46)15-16-24(38)39)37(10)29(42)26(32(4,5)6)36-28(41)25(34-9)33(7,8)21-13-11-20(12-14-21)30(43)44/h11-14,17-18,22-23,25-26,34H,15-16H2,1-10H3,(H,35,40)(H,36,41)(H,38,39)(H,43,44)(H,45,46)/b19-17+/t22-,23-,25?,26?/m1/s1. The Morgan fingerprint density at radius 1 is 0.891 bits per heavy atom. The molecule has 0 saturated heterocycles. The molecule has 13 nitrogen and oxygen atoms in total. The molecule has 0 saturated carbocycles. The summed E-state index contributed by atoms with van der Waals surface area (Å²) in [5.41, 5.74) is -0.563. The van der Waals surface area contributed by atoms with Crippen molar-refractivity contribution in [2.45, 2.75) is 97.8 Å². The molecule has 3 amide bonds. The number of carboxylic acids is 3. The highest BCUT2D eigenvalue weighted by Crippen LogP contribution is 2.29. The smallest absolute Gasteiger partial charge is 0.335 e. The zero-order valence-electron chi connectivity index (χ0n) is 28.4. The van der Waals surface area contributed by atoms with Gasteiger partial charge in [0.2, 0.25) is 17.7 Å². The molecule has 0 aliphatic rings. The Hall–Kier alpha value is -4.26. The summed E-state index contributed by atoms with van der Waals surface area (Å²) in [5.74, 6) is -5.36. The summed E-state index contributed by atoms with van der Waals surface area (Å²) in [6, 6.07) is 2.45. The van der Waals surface area contributed by atoms with E-state index in [9.17, 15) is 39.0 Å². The molecule has 0 aliphatic heterocycles. The van der Waals surface area contributed by atoms with E-state index in [0.717, 1.165) is 5.56 Å². The number of carboxylic acid groups (broad SMARTS) is 3. The molecule has 13 heteroatoms. The van der Waals surface area contributed by atoms with E-state index in [2.05, 4.69) is 16.0 Å². The lowest BCUT2D eigenvalue weighted by atomic mass is 9.76. The monoisotopic (exact) mass is 646 g/mol. The van der Waals surface area contributed by atoms with Crippen LogP contribution < -0.4 is 16.0 Å². The predicted octanol–water partition coefficient (Wildman–Crippen LogP) is 2.64. The predicted molar refractivity (Wildman–Crippen MR) is 172 cm³/mol. The van der Waals surface area contributed by atoms with Crippen LogP contribution in [0.4, 0.5) is 0 Å². The summed E-state index contributed by atoms with van der Waals surface area (Å²) >= 11 is 0. The van der Waals surface area contributed by atoms with Crippen LogP contribution in [0.15, 0.2) is 35.9 Å². The fourth-order valence-electron chi connectivity index (χ4n) is 5.13. The molecule has 1 rings (SSSR count). The lowest BCUT2D eigenvalue weighted by Crippen LogP contribution is -2.61. The number of nitrogens with zero attached hydrogens (tertiary/aromatic N) is 1. The number of carbonyl (C=O) groups excluding carboxylic acids is 3. The Labute approximate surface area is 270 Å². The second kappa shape index (κ2) is 16.3. The summed E-state index contributed by atoms with van der Waals surface area (Å²) < 4.78 is 0. The maximum Gasteiger partial charge on any atom is 0.335 e. The summed E-state index contributed by atoms with van der Waals surface area (Å²) in [7, 11) is 3.19. The highest BCUT2D eigenvalue weighted by molar-refractivity contribution is 5.96. The fraction of sp³-hybridized carbons (Fsp3) is 0.576. The van der Waals surface area contributed by atoms with E-state index in [0.29, 0.717) is 0 Å². The highest BCUT2D eigenvalue weighted by atomic mass is 16.4. The van der Waals surface area contributed by atoms with E-state index < -0.39 is 77.0 Å². The van der Waals surface area contributed by atoms with Crippen LogP contribution in [0.25, 0.3) is 0 Å². The van der Waals surface area contributed by atoms with Crippen molar-refractivity contribution in [3.05, 3.63) is 47.0 Å². The molecule has 0 spiro atoms. The van der Waals surface area contributed by atoms with Crippen LogP contribution in [0.5, 0.6) is 0 Å². The zero-order chi connectivity index (χ0) is 35.7. The third kappa shape index (κ3) is 10.7. The number of rotatable bonds is 16. The van der Waals surface area contributed by atoms with Crippen LogP contribution in [0, 0.1) is 11.3 Å². The van der Waals surface area contributed by atoms with E-state index >= 15 is 0 Å². The van der Waals surface area contributed by atoms with E-state index in [4.69, 9.17) is 5.11 Å². The maximum absolute atomic E-state index is 14.0. The molecular weight excluding hydrogens is 596 g/mol. The molecular formula is C33H50N4O9. The summed E-state index contributed by atoms with van der Waals surface area (Å²) in [5, 5.41) is 35.9. The number of aromatic carboxylic acids is 1. The van der Waals surface area contributed by atoms with Gasteiger partial charge >= 0.3 is 17.9 Å². The van der Waals surface area contributed by atoms with Gasteiger partial charge in [0.15, 0.2) is 0 Å². The number of benzene rings is 1. The van der Waals surface area contributed by atoms with Gasteiger partial charge in [-0.3, -0.25) is 19.2 Å². The number of amides is 3. The number of hydrogen-bond acceptors (Lipinski definition) is 7. The van der Waals surface area contributed by atoms with Crippen LogP contribution in [-0.2, 0) is 29.4 Å². The second-order valence-electron chi connectivity index (χ2n) is 13.5. The van der Waals surface area contributed by atoms with Crippen molar-refractivity contribution in [2.24, 2.45) is 11.3 Å². The molecule has 0 bridgehead atoms. The van der Waals surface area contributed by atoms with Gasteiger partial charge in [0, 0.05) is 24.5 Å². The van der Waals surface area contributed by atoms with Gasteiger partial charge in [-0.2, -0.15) is 0 Å². The van der Waals surface area contributed by atoms with Crippen molar-refractivity contribution in [2.75, 3.05) is 14.1 Å². The van der Waals surface area contributed by atoms with Crippen molar-refractivity contribution >= 4 is 35.6 Å². The van der Waals surface area contributed by atoms with Gasteiger partial charge in [0.05, 0.1) is 17.6 Å². The molecule has 46 heavy (non-hydrogen) atoms. The number of carbonyl (C=O) groups is 6. The van der Waals surface area contributed by atoms with Crippen molar-refractivity contribution < 1.29 is 44.1 Å². The molecule has 1 aromatic carbocycles. The Morgan fingerprint density at radius 2 is 1.43 bits per heavy atom. The first kappa shape index (κ1) is 39.8. The number of nitrogens with one attached hydrogen (secondary N) is 3. The largest absolute Gasteiger partial charge is 0.481 e. The minimum atomic E-state index is -1.40. The highest BCUT2D eigenvalue weighted by Gasteiger charge is 2.41. The first-order chi connectivity index (χ1) is 21.1. The number of hydrogen-bond donors (Lipinski definition) is 6. The van der Waals surface area contributed by atoms with Crippen LogP contribution in [0.1, 0.15) is 84.2 Å². The molecule has 0 aliphatic carbocycles. The van der Waals surface area contributed by atoms with E-state index in [1.165, 1.54) is 24.0 Å². The molecule has 0 radical (unpaired) electrons. The Morgan fingerprint density at radius 3 is 1.85 bits per heavy atom. The van der Waals surface area contributed by atoms with E-state index in [-0.39, 0.29) is 23.5 Å². The van der Waals surface area contributed by atoms with Gasteiger partial charge in [-0.15, -0.1) is 0 Å². The topological polar surface area (TPSA) is 202 Å². The van der Waals surface area contributed by atoms with Crippen molar-refractivity contribution in [3.8, 4) is 0 Å². The lowest BCUT2D eigenvalue weighted by Gasteiger charge is -2.40. The molecule has 0 aromatic heterocycles. The van der Waals surface area contributed by atoms with Crippen molar-refractivity contribution in [1.82, 2.24) is 20.9 Å². The zero-order valence-corrected chi connectivity index (χ0v) is 28.4. The summed E-state index contributed by atoms with van der Waals surface area (Å²) in [6.07, 6.45) is 0.824. The van der Waals surface area contributed by atoms with Gasteiger partial charge in [0.1, 0.15) is 12.1 Å². The SMILES string of the molecule is CNC(C(=O)NC(C(=O)N(C)[C@H](/C=C(\C)C(=O)N[C@H](CCC(=O)O)C(=O)O)C(C)C)C(C)(C)C)C(C)(C)c1ccc(C(=O)O)cc1. The minimum Gasteiger partial charge on any atom is -0.481 e. The first-order valence-corrected chi connectivity index (χ1v) is 15.1. The summed E-state index contributed by atoms with van der Waals surface area (Å²) in [4.78, 5) is 75.9. The van der Waals surface area contributed by atoms with E-state index in [1.807, 2.05) is 48.5 Å². The fourth-order valence-corrected chi connectivity index (χ4v) is 5.13. The molecule has 0 heterocycles. The average Bonchev–Trinajstić information content (AvgIpc) is 2.94. The maximum atomic E-state index is 14.0. The average molecular weight is 647 g/mol. The Kier molecular flexibility index (Phi) is 14.1. The first-order valence-electron chi connectivity index (χ1n) is 15.1. The van der Waals surface area contributed by atoms with Gasteiger partial charge in [-0.1, -0.05) is 66.7 Å². The van der Waals surface area contributed by atoms with Crippen LogP contribution in [-0.4, -0.2) is 94.1 Å². The Balaban J connectivity index is 3.31. The molecule has 256 valence electrons. The quantitative estimate of drug-likeness (QED) is 0.145. The van der Waals surface area contributed by atoms with Gasteiger partial charge in [0.25, 0.3) is 0 Å². The second-order valence-corrected chi connectivity index (χ2v) is 13.5. The van der Waals surface area contributed by atoms with Crippen molar-refractivity contribution in [3.63, 3.8) is 0 Å². The number of aliphatic carboxylic acids is 2. The van der Waals surface area contributed by atoms with Crippen molar-refractivity contribution in [1.29, 1.82) is 0 Å². The third-order valence-corrected chi connectivity index (χ3v) is 8.06. The minimum absolute atomic E-state index is 0.118. The normalized spacial score (nSPS) is 14.9. The molecule has 0 fully saturated rings. The van der Waals surface area contributed by atoms with Crippen LogP contribution in [0.2, 0.25) is 0 Å². The molecule has 1 aromatic rings. The Bertz CT molecular complexity index is 1310. The lowest BCUT2D eigenvalue weighted by molar-refractivity contribution is -0.142. The van der Waals surface area contributed by atoms with Gasteiger partial charge in [-0.25, -0.2) is 9.59 Å². The van der Waals surface area contributed by atoms with Gasteiger partial charge in [-0.05, 0) is 49.4 Å². The molecule has 6 N–H and O–H groups in total. The molecule has 2 unspecified atom stereocenters. The van der Waals surface area contributed by atoms with Crippen LogP contribution >= 0.6 is 0 Å². The molecule has 4 atom stereocenters. The number of likely N-dealkylation sites (N-methyl/N-ethyl adjacent to an activating group) is 2.